The van der Waals surface area contributed by atoms with Crippen LogP contribution >= 0.6 is 11.6 Å². The van der Waals surface area contributed by atoms with Crippen molar-refractivity contribution in [1.82, 2.24) is 10.6 Å². The lowest BCUT2D eigenvalue weighted by Crippen LogP contribution is -2.54. The molecule has 0 spiro atoms. The van der Waals surface area contributed by atoms with Crippen LogP contribution < -0.4 is 20.3 Å². The highest BCUT2D eigenvalue weighted by Gasteiger charge is 2.32. The predicted molar refractivity (Wildman–Crippen MR) is 115 cm³/mol. The number of nitrogens with zero attached hydrogens (tertiary/aromatic N) is 1. The number of hydrogen-bond donors (Lipinski definition) is 3. The number of nitrogens with one attached hydrogen (secondary N) is 2. The molecule has 2 aromatic rings. The van der Waals surface area contributed by atoms with Crippen LogP contribution in [0.1, 0.15) is 24.5 Å². The van der Waals surface area contributed by atoms with Crippen LogP contribution in [0.2, 0.25) is 5.02 Å². The third kappa shape index (κ3) is 4.90. The second-order valence-electron chi connectivity index (χ2n) is 7.29. The maximum absolute atomic E-state index is 13.5. The molecule has 0 bridgehead atoms. The van der Waals surface area contributed by atoms with Gasteiger partial charge in [-0.3, -0.25) is 10.1 Å². The summed E-state index contributed by atoms with van der Waals surface area (Å²) in [6, 6.07) is 12.6. The molecule has 6 nitrogen and oxygen atoms in total. The van der Waals surface area contributed by atoms with E-state index in [4.69, 9.17) is 16.3 Å². The van der Waals surface area contributed by atoms with Crippen LogP contribution in [0.25, 0.3) is 0 Å². The van der Waals surface area contributed by atoms with Crippen LogP contribution in [0.5, 0.6) is 5.75 Å². The maximum atomic E-state index is 13.5. The number of methoxy groups -OCH3 is 1. The van der Waals surface area contributed by atoms with Crippen molar-refractivity contribution in [1.29, 1.82) is 0 Å². The molecule has 0 aromatic heterocycles. The van der Waals surface area contributed by atoms with E-state index in [9.17, 15) is 9.90 Å². The summed E-state index contributed by atoms with van der Waals surface area (Å²) in [5.74, 6) is 0.594. The third-order valence-corrected chi connectivity index (χ3v) is 5.66. The molecule has 156 valence electrons. The van der Waals surface area contributed by atoms with Gasteiger partial charge in [-0.2, -0.15) is 0 Å². The number of carbonyl (C=O) groups is 1. The molecule has 1 aliphatic rings. The highest BCUT2D eigenvalue weighted by molar-refractivity contribution is 6.30. The molecule has 7 heteroatoms. The molecule has 0 aliphatic carbocycles. The molecule has 3 N–H and O–H groups in total. The smallest absolute Gasteiger partial charge is 0.244 e. The summed E-state index contributed by atoms with van der Waals surface area (Å²) in [6.07, 6.45) is 0.508. The van der Waals surface area contributed by atoms with Crippen molar-refractivity contribution < 1.29 is 14.6 Å². The van der Waals surface area contributed by atoms with Crippen LogP contribution in [0.3, 0.4) is 0 Å². The number of amides is 1. The average molecular weight is 418 g/mol. The van der Waals surface area contributed by atoms with Crippen molar-refractivity contribution in [3.63, 3.8) is 0 Å². The van der Waals surface area contributed by atoms with Crippen molar-refractivity contribution in [2.24, 2.45) is 0 Å². The Balaban J connectivity index is 1.95. The van der Waals surface area contributed by atoms with Gasteiger partial charge in [-0.1, -0.05) is 29.8 Å². The standard InChI is InChI=1S/C22H28ClN3O3/c1-14(24-2)21(27)25-18-10-8-15-6-4-5-7-19(15)26(22(18)28)13-16-12-17(23)9-11-20(16)29-3/h4-7,9,11-12,14,18,21,24-25,27H,8,10,13H2,1-3H3/t14-,18-,21?/m0/s1. The van der Waals surface area contributed by atoms with Gasteiger partial charge in [0.1, 0.15) is 12.0 Å². The van der Waals surface area contributed by atoms with Gasteiger partial charge >= 0.3 is 0 Å². The first-order valence-electron chi connectivity index (χ1n) is 9.77. The largest absolute Gasteiger partial charge is 0.496 e. The normalized spacial score (nSPS) is 18.7. The molecular weight excluding hydrogens is 390 g/mol. The van der Waals surface area contributed by atoms with Gasteiger partial charge in [0.15, 0.2) is 0 Å². The van der Waals surface area contributed by atoms with E-state index in [-0.39, 0.29) is 11.9 Å². The number of anilines is 1. The van der Waals surface area contributed by atoms with Crippen molar-refractivity contribution in [3.8, 4) is 5.75 Å². The fourth-order valence-electron chi connectivity index (χ4n) is 3.58. The summed E-state index contributed by atoms with van der Waals surface area (Å²) < 4.78 is 5.47. The molecular formula is C22H28ClN3O3. The summed E-state index contributed by atoms with van der Waals surface area (Å²) in [5.41, 5.74) is 2.80. The van der Waals surface area contributed by atoms with Gasteiger partial charge in [-0.05, 0) is 56.6 Å². The number of aryl methyl sites for hydroxylation is 1. The molecule has 0 saturated carbocycles. The van der Waals surface area contributed by atoms with E-state index in [0.29, 0.717) is 23.7 Å². The fraction of sp³-hybridized carbons (Fsp3) is 0.409. The van der Waals surface area contributed by atoms with E-state index in [0.717, 1.165) is 23.2 Å². The molecule has 2 aromatic carbocycles. The first kappa shape index (κ1) is 21.6. The van der Waals surface area contributed by atoms with E-state index >= 15 is 0 Å². The summed E-state index contributed by atoms with van der Waals surface area (Å²) in [4.78, 5) is 15.3. The summed E-state index contributed by atoms with van der Waals surface area (Å²) in [7, 11) is 3.38. The number of likely N-dealkylation sites (N-methyl/N-ethyl adjacent to an activating group) is 1. The molecule has 1 amide bonds. The van der Waals surface area contributed by atoms with Gasteiger partial charge in [0.2, 0.25) is 5.91 Å². The van der Waals surface area contributed by atoms with E-state index in [1.807, 2.05) is 37.3 Å². The van der Waals surface area contributed by atoms with Crippen LogP contribution in [-0.4, -0.2) is 43.5 Å². The Morgan fingerprint density at radius 3 is 2.79 bits per heavy atom. The number of rotatable bonds is 7. The second-order valence-corrected chi connectivity index (χ2v) is 7.73. The summed E-state index contributed by atoms with van der Waals surface area (Å²) >= 11 is 6.20. The number of fused-ring (bicyclic) bond motifs is 1. The molecule has 3 atom stereocenters. The Labute approximate surface area is 176 Å². The van der Waals surface area contributed by atoms with Crippen LogP contribution in [0.4, 0.5) is 5.69 Å². The number of halogens is 1. The SMILES string of the molecule is CN[C@@H](C)C(O)N[C@H]1CCc2ccccc2N(Cc2cc(Cl)ccc2OC)C1=O. The monoisotopic (exact) mass is 417 g/mol. The zero-order valence-electron chi connectivity index (χ0n) is 17.0. The second kappa shape index (κ2) is 9.59. The lowest BCUT2D eigenvalue weighted by Gasteiger charge is -2.29. The van der Waals surface area contributed by atoms with Gasteiger partial charge in [0.05, 0.1) is 19.7 Å². The van der Waals surface area contributed by atoms with Crippen molar-refractivity contribution >= 4 is 23.2 Å². The molecule has 29 heavy (non-hydrogen) atoms. The highest BCUT2D eigenvalue weighted by Crippen LogP contribution is 2.31. The lowest BCUT2D eigenvalue weighted by atomic mass is 10.1. The fourth-order valence-corrected chi connectivity index (χ4v) is 3.78. The third-order valence-electron chi connectivity index (χ3n) is 5.42. The molecule has 1 aliphatic heterocycles. The van der Waals surface area contributed by atoms with E-state index in [1.165, 1.54) is 0 Å². The topological polar surface area (TPSA) is 73.8 Å². The van der Waals surface area contributed by atoms with Gasteiger partial charge in [-0.15, -0.1) is 0 Å². The number of hydrogen-bond acceptors (Lipinski definition) is 5. The van der Waals surface area contributed by atoms with Gasteiger partial charge < -0.3 is 20.1 Å². The van der Waals surface area contributed by atoms with E-state index in [1.54, 1.807) is 31.2 Å². The van der Waals surface area contributed by atoms with E-state index in [2.05, 4.69) is 10.6 Å². The first-order chi connectivity index (χ1) is 13.9. The Hall–Kier alpha value is -2.12. The molecule has 0 radical (unpaired) electrons. The molecule has 1 heterocycles. The van der Waals surface area contributed by atoms with Gasteiger partial charge in [0, 0.05) is 22.3 Å². The molecule has 0 fully saturated rings. The number of aliphatic hydroxyl groups excluding tert-OH is 1. The zero-order chi connectivity index (χ0) is 21.0. The Bertz CT molecular complexity index is 861. The maximum Gasteiger partial charge on any atom is 0.244 e. The number of para-hydroxylation sites is 1. The van der Waals surface area contributed by atoms with Crippen LogP contribution in [0, 0.1) is 0 Å². The number of carbonyl (C=O) groups excluding carboxylic acids is 1. The highest BCUT2D eigenvalue weighted by atomic mass is 35.5. The number of aliphatic hydroxyl groups is 1. The molecule has 0 saturated heterocycles. The minimum atomic E-state index is -0.835. The van der Waals surface area contributed by atoms with Gasteiger partial charge in [-0.25, -0.2) is 0 Å². The quantitative estimate of drug-likeness (QED) is 0.604. The minimum Gasteiger partial charge on any atom is -0.496 e. The number of benzene rings is 2. The van der Waals surface area contributed by atoms with Crippen LogP contribution in [0.15, 0.2) is 42.5 Å². The Morgan fingerprint density at radius 1 is 1.31 bits per heavy atom. The van der Waals surface area contributed by atoms with Crippen LogP contribution in [-0.2, 0) is 17.8 Å². The van der Waals surface area contributed by atoms with E-state index < -0.39 is 12.3 Å². The van der Waals surface area contributed by atoms with Gasteiger partial charge in [0.25, 0.3) is 0 Å². The summed E-state index contributed by atoms with van der Waals surface area (Å²) in [6.45, 7) is 2.19. The Morgan fingerprint density at radius 2 is 2.07 bits per heavy atom. The summed E-state index contributed by atoms with van der Waals surface area (Å²) in [5, 5.41) is 17.1. The zero-order valence-corrected chi connectivity index (χ0v) is 17.7. The van der Waals surface area contributed by atoms with Crippen molar-refractivity contribution in [3.05, 3.63) is 58.6 Å². The lowest BCUT2D eigenvalue weighted by molar-refractivity contribution is -0.121. The first-order valence-corrected chi connectivity index (χ1v) is 10.2. The molecule has 1 unspecified atom stereocenters. The predicted octanol–water partition coefficient (Wildman–Crippen LogP) is 2.71. The Kier molecular flexibility index (Phi) is 7.14. The van der Waals surface area contributed by atoms with Crippen molar-refractivity contribution in [2.45, 2.75) is 44.6 Å². The average Bonchev–Trinajstić information content (AvgIpc) is 2.85. The number of ether oxygens (including phenoxy) is 1. The molecule has 3 rings (SSSR count). The minimum absolute atomic E-state index is 0.0840. The van der Waals surface area contributed by atoms with Crippen molar-refractivity contribution in [2.75, 3.05) is 19.1 Å².